The number of hydrogen-bond acceptors (Lipinski definition) is 4. The van der Waals surface area contributed by atoms with Crippen LogP contribution in [0.3, 0.4) is 0 Å². The second-order valence-corrected chi connectivity index (χ2v) is 4.93. The molecule has 0 aliphatic heterocycles. The summed E-state index contributed by atoms with van der Waals surface area (Å²) >= 11 is 0. The van der Waals surface area contributed by atoms with Crippen LogP contribution in [0.5, 0.6) is 5.75 Å². The number of ether oxygens (including phenoxy) is 1. The van der Waals surface area contributed by atoms with Crippen LogP contribution in [-0.2, 0) is 13.0 Å². The molecule has 0 aliphatic carbocycles. The summed E-state index contributed by atoms with van der Waals surface area (Å²) in [6.45, 7) is 7.61. The molecule has 0 saturated heterocycles. The van der Waals surface area contributed by atoms with Gasteiger partial charge in [-0.15, -0.1) is 0 Å². The Morgan fingerprint density at radius 3 is 2.52 bits per heavy atom. The third-order valence-corrected chi connectivity index (χ3v) is 3.27. The Bertz CT molecular complexity index is 570. The van der Waals surface area contributed by atoms with Gasteiger partial charge >= 0.3 is 0 Å². The predicted octanol–water partition coefficient (Wildman–Crippen LogP) is 3.75. The van der Waals surface area contributed by atoms with Crippen molar-refractivity contribution < 1.29 is 4.74 Å². The predicted molar refractivity (Wildman–Crippen MR) is 85.7 cm³/mol. The number of para-hydroxylation sites is 1. The van der Waals surface area contributed by atoms with Crippen molar-refractivity contribution in [2.75, 3.05) is 11.9 Å². The van der Waals surface area contributed by atoms with Crippen molar-refractivity contribution in [1.82, 2.24) is 9.97 Å². The molecule has 1 N–H and O–H groups in total. The molecule has 21 heavy (non-hydrogen) atoms. The first-order valence-corrected chi connectivity index (χ1v) is 7.52. The molecule has 4 heteroatoms. The van der Waals surface area contributed by atoms with Gasteiger partial charge < -0.3 is 10.1 Å². The van der Waals surface area contributed by atoms with Gasteiger partial charge in [-0.1, -0.05) is 32.0 Å². The fourth-order valence-electron chi connectivity index (χ4n) is 2.20. The van der Waals surface area contributed by atoms with Crippen LogP contribution < -0.4 is 10.1 Å². The number of aromatic nitrogens is 2. The number of anilines is 1. The molecule has 0 amide bonds. The lowest BCUT2D eigenvalue weighted by atomic mass is 10.1. The van der Waals surface area contributed by atoms with Gasteiger partial charge in [0, 0.05) is 17.8 Å². The highest BCUT2D eigenvalue weighted by atomic mass is 16.5. The van der Waals surface area contributed by atoms with Crippen molar-refractivity contribution in [2.45, 2.75) is 40.2 Å². The Balaban J connectivity index is 2.14. The number of aryl methyl sites for hydroxylation is 1. The summed E-state index contributed by atoms with van der Waals surface area (Å²) in [5.41, 5.74) is 2.21. The van der Waals surface area contributed by atoms with Crippen molar-refractivity contribution in [2.24, 2.45) is 0 Å². The molecule has 1 aromatic heterocycles. The molecule has 2 aromatic rings. The highest BCUT2D eigenvalue weighted by Crippen LogP contribution is 2.18. The number of nitrogens with one attached hydrogen (secondary N) is 1. The van der Waals surface area contributed by atoms with Gasteiger partial charge in [0.25, 0.3) is 0 Å². The van der Waals surface area contributed by atoms with Crippen molar-refractivity contribution >= 4 is 5.82 Å². The maximum Gasteiger partial charge on any atom is 0.168 e. The summed E-state index contributed by atoms with van der Waals surface area (Å²) in [7, 11) is 0. The molecule has 1 heterocycles. The van der Waals surface area contributed by atoms with Crippen molar-refractivity contribution in [3.05, 3.63) is 47.4 Å². The Morgan fingerprint density at radius 1 is 1.10 bits per heavy atom. The third-order valence-electron chi connectivity index (χ3n) is 3.27. The average Bonchev–Trinajstić information content (AvgIpc) is 2.51. The Morgan fingerprint density at radius 2 is 1.86 bits per heavy atom. The quantitative estimate of drug-likeness (QED) is 0.841. The molecule has 112 valence electrons. The SMILES string of the molecule is CCCNc1nc(COc2ccccc2)nc(C)c1CC. The van der Waals surface area contributed by atoms with Gasteiger partial charge in [0.2, 0.25) is 0 Å². The molecule has 4 nitrogen and oxygen atoms in total. The van der Waals surface area contributed by atoms with Gasteiger partial charge in [-0.25, -0.2) is 9.97 Å². The first-order valence-electron chi connectivity index (χ1n) is 7.52. The normalized spacial score (nSPS) is 10.4. The van der Waals surface area contributed by atoms with Crippen LogP contribution >= 0.6 is 0 Å². The Labute approximate surface area is 126 Å². The third kappa shape index (κ3) is 4.18. The van der Waals surface area contributed by atoms with Crippen LogP contribution in [0, 0.1) is 6.92 Å². The molecule has 1 aromatic carbocycles. The van der Waals surface area contributed by atoms with E-state index in [-0.39, 0.29) is 0 Å². The van der Waals surface area contributed by atoms with E-state index in [1.807, 2.05) is 37.3 Å². The second kappa shape index (κ2) is 7.62. The van der Waals surface area contributed by atoms with E-state index in [1.54, 1.807) is 0 Å². The van der Waals surface area contributed by atoms with E-state index in [2.05, 4.69) is 29.1 Å². The van der Waals surface area contributed by atoms with Crippen LogP contribution in [0.15, 0.2) is 30.3 Å². The highest BCUT2D eigenvalue weighted by Gasteiger charge is 2.10. The zero-order chi connectivity index (χ0) is 15.1. The van der Waals surface area contributed by atoms with Crippen molar-refractivity contribution in [3.8, 4) is 5.75 Å². The number of hydrogen-bond donors (Lipinski definition) is 1. The van der Waals surface area contributed by atoms with Crippen LogP contribution in [0.2, 0.25) is 0 Å². The van der Waals surface area contributed by atoms with E-state index in [1.165, 1.54) is 5.56 Å². The summed E-state index contributed by atoms with van der Waals surface area (Å²) in [5, 5.41) is 3.39. The van der Waals surface area contributed by atoms with Crippen LogP contribution in [0.4, 0.5) is 5.82 Å². The van der Waals surface area contributed by atoms with Gasteiger partial charge in [-0.05, 0) is 31.9 Å². The van der Waals surface area contributed by atoms with Gasteiger partial charge in [0.05, 0.1) is 0 Å². The first kappa shape index (κ1) is 15.3. The van der Waals surface area contributed by atoms with Gasteiger partial charge in [0.15, 0.2) is 5.82 Å². The number of benzene rings is 1. The average molecular weight is 285 g/mol. The van der Waals surface area contributed by atoms with Gasteiger partial charge in [-0.2, -0.15) is 0 Å². The van der Waals surface area contributed by atoms with Crippen molar-refractivity contribution in [1.29, 1.82) is 0 Å². The fraction of sp³-hybridized carbons (Fsp3) is 0.412. The summed E-state index contributed by atoms with van der Waals surface area (Å²) in [6, 6.07) is 9.75. The van der Waals surface area contributed by atoms with Crippen LogP contribution in [-0.4, -0.2) is 16.5 Å². The van der Waals surface area contributed by atoms with Crippen LogP contribution in [0.1, 0.15) is 37.4 Å². The first-order chi connectivity index (χ1) is 10.2. The lowest BCUT2D eigenvalue weighted by molar-refractivity contribution is 0.295. The summed E-state index contributed by atoms with van der Waals surface area (Å²) in [4.78, 5) is 9.16. The smallest absolute Gasteiger partial charge is 0.168 e. The monoisotopic (exact) mass is 285 g/mol. The minimum absolute atomic E-state index is 0.385. The fourth-order valence-corrected chi connectivity index (χ4v) is 2.20. The molecular weight excluding hydrogens is 262 g/mol. The molecular formula is C17H23N3O. The summed E-state index contributed by atoms with van der Waals surface area (Å²) < 4.78 is 5.73. The zero-order valence-electron chi connectivity index (χ0n) is 13.0. The second-order valence-electron chi connectivity index (χ2n) is 4.93. The molecule has 0 aliphatic rings. The molecule has 0 radical (unpaired) electrons. The van der Waals surface area contributed by atoms with E-state index in [4.69, 9.17) is 4.74 Å². The zero-order valence-corrected chi connectivity index (χ0v) is 13.0. The maximum atomic E-state index is 5.73. The highest BCUT2D eigenvalue weighted by molar-refractivity contribution is 5.46. The Kier molecular flexibility index (Phi) is 5.55. The van der Waals surface area contributed by atoms with Gasteiger partial charge in [0.1, 0.15) is 18.2 Å². The topological polar surface area (TPSA) is 47.0 Å². The van der Waals surface area contributed by atoms with Crippen LogP contribution in [0.25, 0.3) is 0 Å². The molecule has 0 bridgehead atoms. The van der Waals surface area contributed by atoms with Crippen molar-refractivity contribution in [3.63, 3.8) is 0 Å². The molecule has 0 saturated carbocycles. The largest absolute Gasteiger partial charge is 0.486 e. The van der Waals surface area contributed by atoms with E-state index in [9.17, 15) is 0 Å². The lowest BCUT2D eigenvalue weighted by Gasteiger charge is -2.13. The van der Waals surface area contributed by atoms with E-state index in [0.717, 1.165) is 36.6 Å². The van der Waals surface area contributed by atoms with E-state index in [0.29, 0.717) is 12.4 Å². The minimum atomic E-state index is 0.385. The van der Waals surface area contributed by atoms with Gasteiger partial charge in [-0.3, -0.25) is 0 Å². The Hall–Kier alpha value is -2.10. The summed E-state index contributed by atoms with van der Waals surface area (Å²) in [5.74, 6) is 2.49. The number of nitrogens with zero attached hydrogens (tertiary/aromatic N) is 2. The molecule has 0 spiro atoms. The molecule has 0 fully saturated rings. The molecule has 0 unspecified atom stereocenters. The molecule has 0 atom stereocenters. The minimum Gasteiger partial charge on any atom is -0.486 e. The maximum absolute atomic E-state index is 5.73. The number of rotatable bonds is 7. The van der Waals surface area contributed by atoms with E-state index >= 15 is 0 Å². The lowest BCUT2D eigenvalue weighted by Crippen LogP contribution is -2.12. The van der Waals surface area contributed by atoms with E-state index < -0.39 is 0 Å². The standard InChI is InChI=1S/C17H23N3O/c1-4-11-18-17-15(5-2)13(3)19-16(20-17)12-21-14-9-7-6-8-10-14/h6-10H,4-5,11-12H2,1-3H3,(H,18,19,20). The molecule has 2 rings (SSSR count). The summed E-state index contributed by atoms with van der Waals surface area (Å²) in [6.07, 6.45) is 2.00.